The monoisotopic (exact) mass is 376 g/mol. The van der Waals surface area contributed by atoms with Crippen molar-refractivity contribution < 1.29 is 9.32 Å². The lowest BCUT2D eigenvalue weighted by molar-refractivity contribution is -0.133. The summed E-state index contributed by atoms with van der Waals surface area (Å²) >= 11 is 5.89. The summed E-state index contributed by atoms with van der Waals surface area (Å²) in [4.78, 5) is 18.8. The molecule has 1 aromatic carbocycles. The van der Waals surface area contributed by atoms with Crippen LogP contribution in [0, 0.1) is 5.92 Å². The average molecular weight is 377 g/mol. The molecule has 0 radical (unpaired) electrons. The number of nitrogens with two attached hydrogens (primary N) is 1. The maximum Gasteiger partial charge on any atom is 0.226 e. The quantitative estimate of drug-likeness (QED) is 0.835. The van der Waals surface area contributed by atoms with Crippen molar-refractivity contribution in [3.8, 4) is 11.4 Å². The van der Waals surface area contributed by atoms with Gasteiger partial charge in [0, 0.05) is 42.6 Å². The van der Waals surface area contributed by atoms with Crippen LogP contribution in [0.5, 0.6) is 0 Å². The van der Waals surface area contributed by atoms with Crippen molar-refractivity contribution >= 4 is 17.5 Å². The van der Waals surface area contributed by atoms with Gasteiger partial charge in [0.2, 0.25) is 17.6 Å². The molecule has 0 saturated carbocycles. The smallest absolute Gasteiger partial charge is 0.226 e. The van der Waals surface area contributed by atoms with E-state index < -0.39 is 0 Å². The maximum absolute atomic E-state index is 12.4. The van der Waals surface area contributed by atoms with Crippen molar-refractivity contribution in [3.05, 3.63) is 35.2 Å². The van der Waals surface area contributed by atoms with Crippen LogP contribution in [0.1, 0.15) is 38.5 Å². The Morgan fingerprint density at radius 2 is 2.19 bits per heavy atom. The Morgan fingerprint density at radius 3 is 2.92 bits per heavy atom. The molecule has 26 heavy (non-hydrogen) atoms. The lowest BCUT2D eigenvalue weighted by Gasteiger charge is -2.34. The number of rotatable bonds is 6. The van der Waals surface area contributed by atoms with Crippen LogP contribution in [0.3, 0.4) is 0 Å². The summed E-state index contributed by atoms with van der Waals surface area (Å²) in [6.45, 7) is 3.63. The summed E-state index contributed by atoms with van der Waals surface area (Å²) in [6.07, 6.45) is 3.92. The molecule has 1 saturated heterocycles. The van der Waals surface area contributed by atoms with Gasteiger partial charge in [-0.25, -0.2) is 0 Å². The number of benzene rings is 1. The Labute approximate surface area is 158 Å². The van der Waals surface area contributed by atoms with Crippen molar-refractivity contribution in [1.82, 2.24) is 15.0 Å². The highest BCUT2D eigenvalue weighted by molar-refractivity contribution is 6.30. The second-order valence-corrected chi connectivity index (χ2v) is 7.41. The second-order valence-electron chi connectivity index (χ2n) is 6.97. The highest BCUT2D eigenvalue weighted by Gasteiger charge is 2.25. The molecule has 0 aliphatic carbocycles. The van der Waals surface area contributed by atoms with Crippen LogP contribution < -0.4 is 5.73 Å². The van der Waals surface area contributed by atoms with Gasteiger partial charge in [0.15, 0.2) is 0 Å². The molecule has 6 nitrogen and oxygen atoms in total. The highest BCUT2D eigenvalue weighted by atomic mass is 35.5. The molecular weight excluding hydrogens is 352 g/mol. The molecule has 140 valence electrons. The van der Waals surface area contributed by atoms with E-state index in [1.165, 1.54) is 0 Å². The molecule has 2 aromatic rings. The number of aromatic nitrogens is 2. The van der Waals surface area contributed by atoms with Crippen molar-refractivity contribution in [1.29, 1.82) is 0 Å². The number of aryl methyl sites for hydroxylation is 1. The van der Waals surface area contributed by atoms with E-state index in [0.717, 1.165) is 31.5 Å². The van der Waals surface area contributed by atoms with Gasteiger partial charge in [-0.05, 0) is 56.4 Å². The first-order valence-corrected chi connectivity index (χ1v) is 9.52. The fourth-order valence-electron chi connectivity index (χ4n) is 3.29. The van der Waals surface area contributed by atoms with Gasteiger partial charge >= 0.3 is 0 Å². The van der Waals surface area contributed by atoms with E-state index in [9.17, 15) is 4.79 Å². The number of carbonyl (C=O) groups is 1. The van der Waals surface area contributed by atoms with Gasteiger partial charge in [-0.15, -0.1) is 0 Å². The number of carbonyl (C=O) groups excluding carboxylic acids is 1. The molecule has 2 N–H and O–H groups in total. The molecule has 7 heteroatoms. The molecule has 1 fully saturated rings. The molecule has 1 amide bonds. The minimum Gasteiger partial charge on any atom is -0.342 e. The molecule has 2 unspecified atom stereocenters. The van der Waals surface area contributed by atoms with Gasteiger partial charge in [-0.3, -0.25) is 4.79 Å². The van der Waals surface area contributed by atoms with Crippen LogP contribution in [0.2, 0.25) is 5.02 Å². The van der Waals surface area contributed by atoms with E-state index >= 15 is 0 Å². The van der Waals surface area contributed by atoms with Gasteiger partial charge in [0.1, 0.15) is 0 Å². The third-order valence-electron chi connectivity index (χ3n) is 4.91. The maximum atomic E-state index is 12.4. The Kier molecular flexibility index (Phi) is 6.27. The first-order valence-electron chi connectivity index (χ1n) is 9.15. The van der Waals surface area contributed by atoms with Gasteiger partial charge in [0.05, 0.1) is 0 Å². The minimum absolute atomic E-state index is 0.135. The first-order chi connectivity index (χ1) is 12.5. The molecule has 3 rings (SSSR count). The Bertz CT molecular complexity index is 729. The van der Waals surface area contributed by atoms with E-state index in [2.05, 4.69) is 10.1 Å². The molecule has 0 spiro atoms. The van der Waals surface area contributed by atoms with Crippen LogP contribution in [-0.4, -0.2) is 40.1 Å². The van der Waals surface area contributed by atoms with Crippen LogP contribution >= 0.6 is 11.6 Å². The van der Waals surface area contributed by atoms with Gasteiger partial charge in [-0.2, -0.15) is 4.98 Å². The summed E-state index contributed by atoms with van der Waals surface area (Å²) in [5, 5.41) is 4.66. The lowest BCUT2D eigenvalue weighted by Crippen LogP contribution is -2.45. The van der Waals surface area contributed by atoms with Crippen LogP contribution in [0.25, 0.3) is 11.4 Å². The standard InChI is InChI=1S/C19H25ClN4O2/c1-13(21)15-4-3-11-24(12-15)18(25)6-2-5-17-22-19(23-26-17)14-7-9-16(20)10-8-14/h7-10,13,15H,2-6,11-12,21H2,1H3. The van der Waals surface area contributed by atoms with E-state index in [0.29, 0.717) is 41.9 Å². The molecule has 1 aliphatic rings. The molecule has 2 heterocycles. The summed E-state index contributed by atoms with van der Waals surface area (Å²) in [7, 11) is 0. The van der Waals surface area contributed by atoms with Crippen molar-refractivity contribution in [2.75, 3.05) is 13.1 Å². The SMILES string of the molecule is CC(N)C1CCCN(C(=O)CCCc2nc(-c3ccc(Cl)cc3)no2)C1. The Hall–Kier alpha value is -1.92. The number of hydrogen-bond donors (Lipinski definition) is 1. The zero-order chi connectivity index (χ0) is 18.5. The summed E-state index contributed by atoms with van der Waals surface area (Å²) < 4.78 is 5.29. The number of likely N-dealkylation sites (tertiary alicyclic amines) is 1. The summed E-state index contributed by atoms with van der Waals surface area (Å²) in [6, 6.07) is 7.42. The van der Waals surface area contributed by atoms with E-state index in [1.54, 1.807) is 12.1 Å². The van der Waals surface area contributed by atoms with Gasteiger partial charge in [0.25, 0.3) is 0 Å². The van der Waals surface area contributed by atoms with Gasteiger partial charge in [-0.1, -0.05) is 16.8 Å². The predicted molar refractivity (Wildman–Crippen MR) is 101 cm³/mol. The molecule has 2 atom stereocenters. The van der Waals surface area contributed by atoms with E-state index in [1.807, 2.05) is 24.0 Å². The third-order valence-corrected chi connectivity index (χ3v) is 5.16. The van der Waals surface area contributed by atoms with Crippen LogP contribution in [0.4, 0.5) is 0 Å². The fraction of sp³-hybridized carbons (Fsp3) is 0.526. The number of halogens is 1. The second kappa shape index (κ2) is 8.64. The molecule has 1 aromatic heterocycles. The predicted octanol–water partition coefficient (Wildman–Crippen LogP) is 3.30. The topological polar surface area (TPSA) is 85.2 Å². The fourth-order valence-corrected chi connectivity index (χ4v) is 3.41. The summed E-state index contributed by atoms with van der Waals surface area (Å²) in [5.74, 6) is 1.69. The lowest BCUT2D eigenvalue weighted by atomic mass is 9.92. The number of hydrogen-bond acceptors (Lipinski definition) is 5. The Balaban J connectivity index is 1.47. The highest BCUT2D eigenvalue weighted by Crippen LogP contribution is 2.21. The first kappa shape index (κ1) is 18.9. The zero-order valence-corrected chi connectivity index (χ0v) is 15.8. The minimum atomic E-state index is 0.135. The normalized spacial score (nSPS) is 18.7. The largest absolute Gasteiger partial charge is 0.342 e. The number of piperidine rings is 1. The van der Waals surface area contributed by atoms with E-state index in [4.69, 9.17) is 21.9 Å². The van der Waals surface area contributed by atoms with Crippen molar-refractivity contribution in [2.24, 2.45) is 11.7 Å². The Morgan fingerprint density at radius 1 is 1.42 bits per heavy atom. The van der Waals surface area contributed by atoms with Crippen LogP contribution in [-0.2, 0) is 11.2 Å². The molecular formula is C19H25ClN4O2. The molecule has 1 aliphatic heterocycles. The molecule has 0 bridgehead atoms. The van der Waals surface area contributed by atoms with Gasteiger partial charge < -0.3 is 15.2 Å². The van der Waals surface area contributed by atoms with Crippen molar-refractivity contribution in [3.63, 3.8) is 0 Å². The number of nitrogens with zero attached hydrogens (tertiary/aromatic N) is 3. The summed E-state index contributed by atoms with van der Waals surface area (Å²) in [5.41, 5.74) is 6.85. The number of amides is 1. The third kappa shape index (κ3) is 4.83. The van der Waals surface area contributed by atoms with E-state index in [-0.39, 0.29) is 11.9 Å². The average Bonchev–Trinajstić information content (AvgIpc) is 3.11. The van der Waals surface area contributed by atoms with Crippen LogP contribution in [0.15, 0.2) is 28.8 Å². The zero-order valence-electron chi connectivity index (χ0n) is 15.0. The van der Waals surface area contributed by atoms with Crippen molar-refractivity contribution in [2.45, 2.75) is 45.1 Å².